The molecular weight excluding hydrogens is 190 g/mol. The maximum absolute atomic E-state index is 5.45. The molecule has 0 aromatic heterocycles. The third-order valence-electron chi connectivity index (χ3n) is 2.65. The van der Waals surface area contributed by atoms with Crippen molar-refractivity contribution in [3.63, 3.8) is 0 Å². The summed E-state index contributed by atoms with van der Waals surface area (Å²) in [6, 6.07) is 2.01. The number of aryl methyl sites for hydroxylation is 1. The molecule has 1 heterocycles. The lowest BCUT2D eigenvalue weighted by atomic mass is 10.0. The molecule has 0 unspecified atom stereocenters. The molecule has 3 heteroatoms. The second-order valence-electron chi connectivity index (χ2n) is 3.60. The Morgan fingerprint density at radius 3 is 2.93 bits per heavy atom. The van der Waals surface area contributed by atoms with Crippen LogP contribution >= 0.6 is 0 Å². The number of nitrogens with two attached hydrogens (primary N) is 1. The fraction of sp³-hybridized carbons (Fsp3) is 0.333. The maximum Gasteiger partial charge on any atom is 0.231 e. The first-order chi connectivity index (χ1) is 7.24. The van der Waals surface area contributed by atoms with Crippen molar-refractivity contribution >= 4 is 6.08 Å². The zero-order chi connectivity index (χ0) is 10.8. The highest BCUT2D eigenvalue weighted by molar-refractivity contribution is 5.68. The maximum atomic E-state index is 5.45. The molecule has 80 valence electrons. The van der Waals surface area contributed by atoms with Crippen molar-refractivity contribution in [2.75, 3.05) is 13.3 Å². The Bertz CT molecular complexity index is 411. The number of benzene rings is 1. The molecule has 0 atom stereocenters. The van der Waals surface area contributed by atoms with Crippen molar-refractivity contribution in [1.29, 1.82) is 0 Å². The summed E-state index contributed by atoms with van der Waals surface area (Å²) in [5.41, 5.74) is 8.94. The molecule has 0 bridgehead atoms. The van der Waals surface area contributed by atoms with Gasteiger partial charge in [0.1, 0.15) is 0 Å². The van der Waals surface area contributed by atoms with Crippen LogP contribution in [0.5, 0.6) is 11.5 Å². The normalized spacial score (nSPS) is 13.8. The fourth-order valence-electron chi connectivity index (χ4n) is 1.68. The van der Waals surface area contributed by atoms with Crippen molar-refractivity contribution in [3.05, 3.63) is 28.8 Å². The third-order valence-corrected chi connectivity index (χ3v) is 2.65. The van der Waals surface area contributed by atoms with Gasteiger partial charge in [0.2, 0.25) is 6.79 Å². The average molecular weight is 205 g/mol. The van der Waals surface area contributed by atoms with Gasteiger partial charge in [-0.05, 0) is 31.0 Å². The van der Waals surface area contributed by atoms with Crippen LogP contribution < -0.4 is 15.2 Å². The lowest BCUT2D eigenvalue weighted by molar-refractivity contribution is 0.173. The number of fused-ring (bicyclic) bond motifs is 1. The predicted molar refractivity (Wildman–Crippen MR) is 60.1 cm³/mol. The summed E-state index contributed by atoms with van der Waals surface area (Å²) in [6.45, 7) is 4.98. The van der Waals surface area contributed by atoms with Gasteiger partial charge in [0.25, 0.3) is 0 Å². The Morgan fingerprint density at radius 1 is 1.40 bits per heavy atom. The van der Waals surface area contributed by atoms with Crippen molar-refractivity contribution in [1.82, 2.24) is 0 Å². The van der Waals surface area contributed by atoms with Crippen LogP contribution in [0.1, 0.15) is 16.7 Å². The molecule has 0 saturated heterocycles. The van der Waals surface area contributed by atoms with Crippen LogP contribution in [0.4, 0.5) is 0 Å². The van der Waals surface area contributed by atoms with E-state index in [0.717, 1.165) is 17.1 Å². The highest BCUT2D eigenvalue weighted by Crippen LogP contribution is 2.39. The molecule has 1 aromatic carbocycles. The molecule has 2 rings (SSSR count). The fourth-order valence-corrected chi connectivity index (χ4v) is 1.68. The minimum Gasteiger partial charge on any atom is -0.454 e. The summed E-state index contributed by atoms with van der Waals surface area (Å²) in [7, 11) is 0. The quantitative estimate of drug-likeness (QED) is 0.803. The van der Waals surface area contributed by atoms with E-state index in [1.165, 1.54) is 11.1 Å². The molecule has 0 fully saturated rings. The summed E-state index contributed by atoms with van der Waals surface area (Å²) in [4.78, 5) is 0. The zero-order valence-corrected chi connectivity index (χ0v) is 9.04. The molecule has 2 N–H and O–H groups in total. The number of hydrogen-bond acceptors (Lipinski definition) is 3. The molecule has 1 aromatic rings. The SMILES string of the molecule is Cc1cc2c(c(/C=C/CN)c1C)OCO2. The van der Waals surface area contributed by atoms with E-state index in [9.17, 15) is 0 Å². The molecule has 15 heavy (non-hydrogen) atoms. The molecule has 1 aliphatic rings. The molecule has 3 nitrogen and oxygen atoms in total. The first kappa shape index (κ1) is 10.1. The average Bonchev–Trinajstić information content (AvgIpc) is 2.66. The highest BCUT2D eigenvalue weighted by atomic mass is 16.7. The van der Waals surface area contributed by atoms with Gasteiger partial charge in [-0.2, -0.15) is 0 Å². The molecule has 0 spiro atoms. The van der Waals surface area contributed by atoms with Gasteiger partial charge in [0.15, 0.2) is 11.5 Å². The summed E-state index contributed by atoms with van der Waals surface area (Å²) in [6.07, 6.45) is 3.92. The Morgan fingerprint density at radius 2 is 2.20 bits per heavy atom. The lowest BCUT2D eigenvalue weighted by Crippen LogP contribution is -1.95. The third kappa shape index (κ3) is 1.70. The molecule has 0 aliphatic carbocycles. The summed E-state index contributed by atoms with van der Waals surface area (Å²) in [5, 5.41) is 0. The second-order valence-corrected chi connectivity index (χ2v) is 3.60. The first-order valence-corrected chi connectivity index (χ1v) is 5.00. The Balaban J connectivity index is 2.55. The van der Waals surface area contributed by atoms with E-state index < -0.39 is 0 Å². The van der Waals surface area contributed by atoms with Gasteiger partial charge >= 0.3 is 0 Å². The van der Waals surface area contributed by atoms with Crippen LogP contribution in [-0.2, 0) is 0 Å². The topological polar surface area (TPSA) is 44.5 Å². The van der Waals surface area contributed by atoms with Crippen LogP contribution in [0.2, 0.25) is 0 Å². The van der Waals surface area contributed by atoms with Crippen molar-refractivity contribution < 1.29 is 9.47 Å². The largest absolute Gasteiger partial charge is 0.454 e. The van der Waals surface area contributed by atoms with Gasteiger partial charge < -0.3 is 15.2 Å². The number of ether oxygens (including phenoxy) is 2. The van der Waals surface area contributed by atoms with Gasteiger partial charge in [-0.25, -0.2) is 0 Å². The van der Waals surface area contributed by atoms with Crippen LogP contribution in [0, 0.1) is 13.8 Å². The van der Waals surface area contributed by atoms with E-state index in [4.69, 9.17) is 15.2 Å². The summed E-state index contributed by atoms with van der Waals surface area (Å²) in [5.74, 6) is 1.66. The van der Waals surface area contributed by atoms with E-state index >= 15 is 0 Å². The van der Waals surface area contributed by atoms with E-state index in [-0.39, 0.29) is 0 Å². The molecule has 1 aliphatic heterocycles. The smallest absolute Gasteiger partial charge is 0.231 e. The number of rotatable bonds is 2. The van der Waals surface area contributed by atoms with Crippen LogP contribution in [0.25, 0.3) is 6.08 Å². The molecule has 0 amide bonds. The number of hydrogen-bond donors (Lipinski definition) is 1. The summed E-state index contributed by atoms with van der Waals surface area (Å²) < 4.78 is 10.8. The van der Waals surface area contributed by atoms with Crippen LogP contribution in [-0.4, -0.2) is 13.3 Å². The van der Waals surface area contributed by atoms with Gasteiger partial charge in [-0.3, -0.25) is 0 Å². The minimum absolute atomic E-state index is 0.307. The van der Waals surface area contributed by atoms with Gasteiger partial charge in [0.05, 0.1) is 0 Å². The molecule has 0 saturated carbocycles. The predicted octanol–water partition coefficient (Wildman–Crippen LogP) is 2.00. The monoisotopic (exact) mass is 205 g/mol. The second kappa shape index (κ2) is 3.95. The van der Waals surface area contributed by atoms with Gasteiger partial charge in [-0.15, -0.1) is 0 Å². The van der Waals surface area contributed by atoms with E-state index in [2.05, 4.69) is 13.8 Å². The van der Waals surface area contributed by atoms with Gasteiger partial charge in [-0.1, -0.05) is 12.2 Å². The Kier molecular flexibility index (Phi) is 2.64. The van der Waals surface area contributed by atoms with Crippen molar-refractivity contribution in [2.45, 2.75) is 13.8 Å². The molecular formula is C12H15NO2. The van der Waals surface area contributed by atoms with Gasteiger partial charge in [0, 0.05) is 12.1 Å². The van der Waals surface area contributed by atoms with E-state index in [1.54, 1.807) is 0 Å². The minimum atomic E-state index is 0.307. The van der Waals surface area contributed by atoms with Crippen molar-refractivity contribution in [3.8, 4) is 11.5 Å². The Hall–Kier alpha value is -1.48. The molecule has 0 radical (unpaired) electrons. The lowest BCUT2D eigenvalue weighted by Gasteiger charge is -2.08. The first-order valence-electron chi connectivity index (χ1n) is 5.00. The van der Waals surface area contributed by atoms with E-state index in [0.29, 0.717) is 13.3 Å². The zero-order valence-electron chi connectivity index (χ0n) is 9.04. The Labute approximate surface area is 89.5 Å². The van der Waals surface area contributed by atoms with Crippen LogP contribution in [0.3, 0.4) is 0 Å². The standard InChI is InChI=1S/C12H15NO2/c1-8-6-11-12(15-7-14-11)10(9(8)2)4-3-5-13/h3-4,6H,5,7,13H2,1-2H3/b4-3+. The van der Waals surface area contributed by atoms with E-state index in [1.807, 2.05) is 18.2 Å². The highest BCUT2D eigenvalue weighted by Gasteiger charge is 2.19. The summed E-state index contributed by atoms with van der Waals surface area (Å²) >= 11 is 0. The van der Waals surface area contributed by atoms with Crippen LogP contribution in [0.15, 0.2) is 12.1 Å². The van der Waals surface area contributed by atoms with Crippen molar-refractivity contribution in [2.24, 2.45) is 5.73 Å².